The highest BCUT2D eigenvalue weighted by atomic mass is 32.2. The second kappa shape index (κ2) is 8.00. The zero-order valence-electron chi connectivity index (χ0n) is 12.4. The summed E-state index contributed by atoms with van der Waals surface area (Å²) in [6.45, 7) is 0.157. The summed E-state index contributed by atoms with van der Waals surface area (Å²) in [5, 5.41) is 13.6. The minimum absolute atomic E-state index is 0.157. The maximum atomic E-state index is 12.0. The number of thioether (sulfide) groups is 1. The van der Waals surface area contributed by atoms with Gasteiger partial charge in [-0.05, 0) is 18.2 Å². The predicted molar refractivity (Wildman–Crippen MR) is 88.0 cm³/mol. The molecule has 0 aliphatic rings. The maximum Gasteiger partial charge on any atom is 0.252 e. The molecule has 0 atom stereocenters. The molecule has 1 aromatic heterocycles. The number of benzene rings is 1. The SMILES string of the molecule is C#CCNC(=O)c1cccc(NC(=O)CSc2nncn2C)c1. The van der Waals surface area contributed by atoms with Crippen LogP contribution in [0.15, 0.2) is 35.7 Å². The van der Waals surface area contributed by atoms with E-state index in [2.05, 4.69) is 26.8 Å². The molecule has 2 N–H and O–H groups in total. The van der Waals surface area contributed by atoms with Crippen molar-refractivity contribution in [2.75, 3.05) is 17.6 Å². The minimum atomic E-state index is -0.285. The first-order valence-corrected chi connectivity index (χ1v) is 7.67. The largest absolute Gasteiger partial charge is 0.341 e. The maximum absolute atomic E-state index is 12.0. The van der Waals surface area contributed by atoms with E-state index in [0.717, 1.165) is 0 Å². The number of nitrogens with zero attached hydrogens (tertiary/aromatic N) is 3. The van der Waals surface area contributed by atoms with E-state index in [0.29, 0.717) is 16.4 Å². The first-order valence-electron chi connectivity index (χ1n) is 6.68. The van der Waals surface area contributed by atoms with Crippen molar-refractivity contribution < 1.29 is 9.59 Å². The van der Waals surface area contributed by atoms with Crippen LogP contribution < -0.4 is 10.6 Å². The van der Waals surface area contributed by atoms with Crippen LogP contribution in [0.2, 0.25) is 0 Å². The molecule has 23 heavy (non-hydrogen) atoms. The van der Waals surface area contributed by atoms with E-state index in [1.165, 1.54) is 11.8 Å². The van der Waals surface area contributed by atoms with E-state index in [1.54, 1.807) is 42.2 Å². The molecule has 0 saturated carbocycles. The molecule has 2 aromatic rings. The number of nitrogens with one attached hydrogen (secondary N) is 2. The Morgan fingerprint density at radius 1 is 1.43 bits per heavy atom. The number of carbonyl (C=O) groups is 2. The summed E-state index contributed by atoms with van der Waals surface area (Å²) in [5.74, 6) is 2.05. The highest BCUT2D eigenvalue weighted by molar-refractivity contribution is 7.99. The fourth-order valence-electron chi connectivity index (χ4n) is 1.70. The Kier molecular flexibility index (Phi) is 5.77. The second-order valence-corrected chi connectivity index (χ2v) is 5.47. The van der Waals surface area contributed by atoms with Crippen LogP contribution >= 0.6 is 11.8 Å². The van der Waals surface area contributed by atoms with Crippen LogP contribution in [0, 0.1) is 12.3 Å². The first-order chi connectivity index (χ1) is 11.1. The van der Waals surface area contributed by atoms with Crippen LogP contribution in [0.5, 0.6) is 0 Å². The number of aromatic nitrogens is 3. The lowest BCUT2D eigenvalue weighted by molar-refractivity contribution is -0.113. The van der Waals surface area contributed by atoms with Gasteiger partial charge in [-0.25, -0.2) is 0 Å². The van der Waals surface area contributed by atoms with Gasteiger partial charge in [-0.1, -0.05) is 23.7 Å². The lowest BCUT2D eigenvalue weighted by atomic mass is 10.2. The molecular weight excluding hydrogens is 314 g/mol. The summed E-state index contributed by atoms with van der Waals surface area (Å²) in [7, 11) is 1.80. The smallest absolute Gasteiger partial charge is 0.252 e. The third kappa shape index (κ3) is 4.86. The quantitative estimate of drug-likeness (QED) is 0.607. The topological polar surface area (TPSA) is 88.9 Å². The molecule has 1 heterocycles. The summed E-state index contributed by atoms with van der Waals surface area (Å²) >= 11 is 1.28. The Hall–Kier alpha value is -2.79. The number of aryl methyl sites for hydroxylation is 1. The predicted octanol–water partition coefficient (Wildman–Crippen LogP) is 0.909. The molecule has 2 rings (SSSR count). The molecule has 8 heteroatoms. The zero-order valence-corrected chi connectivity index (χ0v) is 13.3. The number of hydrogen-bond donors (Lipinski definition) is 2. The molecule has 0 saturated heterocycles. The fraction of sp³-hybridized carbons (Fsp3) is 0.200. The van der Waals surface area contributed by atoms with Gasteiger partial charge in [-0.15, -0.1) is 16.6 Å². The van der Waals surface area contributed by atoms with Crippen LogP contribution in [-0.4, -0.2) is 38.9 Å². The molecule has 118 valence electrons. The van der Waals surface area contributed by atoms with Crippen molar-refractivity contribution in [1.29, 1.82) is 0 Å². The number of hydrogen-bond acceptors (Lipinski definition) is 5. The van der Waals surface area contributed by atoms with E-state index in [1.807, 2.05) is 0 Å². The van der Waals surface area contributed by atoms with Gasteiger partial charge in [0.2, 0.25) is 5.91 Å². The molecule has 0 spiro atoms. The molecule has 0 radical (unpaired) electrons. The molecule has 0 aliphatic carbocycles. The number of anilines is 1. The summed E-state index contributed by atoms with van der Waals surface area (Å²) in [4.78, 5) is 23.8. The average molecular weight is 329 g/mol. The van der Waals surface area contributed by atoms with Crippen LogP contribution in [0.4, 0.5) is 5.69 Å². The van der Waals surface area contributed by atoms with Crippen LogP contribution in [0.1, 0.15) is 10.4 Å². The third-order valence-corrected chi connectivity index (χ3v) is 3.80. The second-order valence-electron chi connectivity index (χ2n) is 4.53. The average Bonchev–Trinajstić information content (AvgIpc) is 2.96. The van der Waals surface area contributed by atoms with E-state index < -0.39 is 0 Å². The highest BCUT2D eigenvalue weighted by Crippen LogP contribution is 2.15. The summed E-state index contributed by atoms with van der Waals surface area (Å²) in [6.07, 6.45) is 6.67. The van der Waals surface area contributed by atoms with E-state index in [9.17, 15) is 9.59 Å². The Bertz CT molecular complexity index is 750. The monoisotopic (exact) mass is 329 g/mol. The Labute approximate surface area is 137 Å². The molecule has 0 aliphatic heterocycles. The lowest BCUT2D eigenvalue weighted by Crippen LogP contribution is -2.23. The van der Waals surface area contributed by atoms with Crippen LogP contribution in [0.3, 0.4) is 0 Å². The lowest BCUT2D eigenvalue weighted by Gasteiger charge is -2.07. The van der Waals surface area contributed by atoms with Gasteiger partial charge in [0.05, 0.1) is 12.3 Å². The Balaban J connectivity index is 1.92. The van der Waals surface area contributed by atoms with Crippen molar-refractivity contribution >= 4 is 29.3 Å². The zero-order chi connectivity index (χ0) is 16.7. The normalized spacial score (nSPS) is 9.91. The van der Waals surface area contributed by atoms with Gasteiger partial charge >= 0.3 is 0 Å². The van der Waals surface area contributed by atoms with Crippen LogP contribution in [-0.2, 0) is 11.8 Å². The van der Waals surface area contributed by atoms with Crippen molar-refractivity contribution in [3.05, 3.63) is 36.2 Å². The van der Waals surface area contributed by atoms with E-state index >= 15 is 0 Å². The van der Waals surface area contributed by atoms with Gasteiger partial charge in [0.15, 0.2) is 5.16 Å². The molecule has 0 bridgehead atoms. The van der Waals surface area contributed by atoms with Gasteiger partial charge < -0.3 is 15.2 Å². The van der Waals surface area contributed by atoms with Gasteiger partial charge in [0.1, 0.15) is 6.33 Å². The Morgan fingerprint density at radius 3 is 2.96 bits per heavy atom. The van der Waals surface area contributed by atoms with Gasteiger partial charge in [-0.3, -0.25) is 9.59 Å². The molecule has 7 nitrogen and oxygen atoms in total. The molecular formula is C15H15N5O2S. The summed E-state index contributed by atoms with van der Waals surface area (Å²) < 4.78 is 1.73. The van der Waals surface area contributed by atoms with Gasteiger partial charge in [-0.2, -0.15) is 0 Å². The molecule has 1 aromatic carbocycles. The molecule has 0 unspecified atom stereocenters. The summed E-state index contributed by atoms with van der Waals surface area (Å²) in [5.41, 5.74) is 0.973. The third-order valence-electron chi connectivity index (χ3n) is 2.76. The first kappa shape index (κ1) is 16.6. The van der Waals surface area contributed by atoms with Gasteiger partial charge in [0.25, 0.3) is 5.91 Å². The highest BCUT2D eigenvalue weighted by Gasteiger charge is 2.09. The number of rotatable bonds is 6. The van der Waals surface area contributed by atoms with E-state index in [-0.39, 0.29) is 24.1 Å². The van der Waals surface area contributed by atoms with Crippen molar-refractivity contribution in [3.8, 4) is 12.3 Å². The summed E-state index contributed by atoms with van der Waals surface area (Å²) in [6, 6.07) is 6.64. The standard InChI is InChI=1S/C15H15N5O2S/c1-3-7-16-14(22)11-5-4-6-12(8-11)18-13(21)9-23-15-19-17-10-20(15)2/h1,4-6,8,10H,7,9H2,2H3,(H,16,22)(H,18,21). The Morgan fingerprint density at radius 2 is 2.26 bits per heavy atom. The number of terminal acetylenes is 1. The van der Waals surface area contributed by atoms with Crippen molar-refractivity contribution in [1.82, 2.24) is 20.1 Å². The van der Waals surface area contributed by atoms with Crippen molar-refractivity contribution in [2.45, 2.75) is 5.16 Å². The molecule has 2 amide bonds. The number of amides is 2. The molecule has 0 fully saturated rings. The van der Waals surface area contributed by atoms with E-state index in [4.69, 9.17) is 6.42 Å². The van der Waals surface area contributed by atoms with Gasteiger partial charge in [0, 0.05) is 18.3 Å². The number of carbonyl (C=O) groups excluding carboxylic acids is 2. The minimum Gasteiger partial charge on any atom is -0.341 e. The fourth-order valence-corrected chi connectivity index (χ4v) is 2.39. The van der Waals surface area contributed by atoms with Crippen molar-refractivity contribution in [3.63, 3.8) is 0 Å². The van der Waals surface area contributed by atoms with Crippen molar-refractivity contribution in [2.24, 2.45) is 7.05 Å². The van der Waals surface area contributed by atoms with Crippen LogP contribution in [0.25, 0.3) is 0 Å².